The van der Waals surface area contributed by atoms with E-state index >= 15 is 0 Å². The van der Waals surface area contributed by atoms with Crippen LogP contribution in [0.15, 0.2) is 0 Å². The zero-order chi connectivity index (χ0) is 20.0. The van der Waals surface area contributed by atoms with Crippen LogP contribution in [0.25, 0.3) is 0 Å². The van der Waals surface area contributed by atoms with Gasteiger partial charge in [-0.3, -0.25) is 9.59 Å². The van der Waals surface area contributed by atoms with Gasteiger partial charge in [0.25, 0.3) is 9.85 Å². The maximum absolute atomic E-state index is 13.1. The fourth-order valence-corrected chi connectivity index (χ4v) is 30.6. The summed E-state index contributed by atoms with van der Waals surface area (Å²) in [5.41, 5.74) is 0. The molecule has 0 aromatic carbocycles. The van der Waals surface area contributed by atoms with Gasteiger partial charge in [0.05, 0.1) is 13.0 Å². The van der Waals surface area contributed by atoms with Crippen LogP contribution in [-0.2, 0) is 32.8 Å². The monoisotopic (exact) mass is 579 g/mol. The third-order valence-corrected chi connectivity index (χ3v) is 31.3. The number of halogens is 2. The third kappa shape index (κ3) is 6.04. The summed E-state index contributed by atoms with van der Waals surface area (Å²) in [6.07, 6.45) is 1.65. The van der Waals surface area contributed by atoms with Crippen LogP contribution >= 0.6 is 74.4 Å². The van der Waals surface area contributed by atoms with Crippen molar-refractivity contribution in [2.45, 2.75) is 41.9 Å². The first kappa shape index (κ1) is 26.1. The van der Waals surface area contributed by atoms with Crippen LogP contribution < -0.4 is 0 Å². The van der Waals surface area contributed by atoms with Crippen LogP contribution in [-0.4, -0.2) is 52.7 Å². The fourth-order valence-electron chi connectivity index (χ4n) is 1.72. The highest BCUT2D eigenvalue weighted by molar-refractivity contribution is 9.29. The fraction of sp³-hybridized carbons (Fsp3) is 0.833. The van der Waals surface area contributed by atoms with E-state index < -0.39 is 36.5 Å². The van der Waals surface area contributed by atoms with Crippen molar-refractivity contribution in [3.05, 3.63) is 0 Å². The average Bonchev–Trinajstić information content (AvgIpc) is 2.75. The van der Waals surface area contributed by atoms with E-state index in [1.54, 1.807) is 21.6 Å². The Bertz CT molecular complexity index is 550. The van der Waals surface area contributed by atoms with Crippen molar-refractivity contribution in [2.75, 3.05) is 18.1 Å². The molecule has 0 aliphatic carbocycles. The number of alkyl halides is 2. The number of carbonyl (C=O) groups excluding carboxylic acids is 1. The van der Waals surface area contributed by atoms with Crippen molar-refractivity contribution in [3.63, 3.8) is 0 Å². The Morgan fingerprint density at radius 3 is 2.35 bits per heavy atom. The Balaban J connectivity index is 3.12. The number of rotatable bonds is 12. The molecule has 1 N–H and O–H groups in total. The summed E-state index contributed by atoms with van der Waals surface area (Å²) in [5, 5.41) is 8.88. The van der Waals surface area contributed by atoms with Gasteiger partial charge in [-0.15, -0.1) is 0 Å². The van der Waals surface area contributed by atoms with E-state index in [4.69, 9.17) is 28.5 Å². The third-order valence-electron chi connectivity index (χ3n) is 3.00. The second-order valence-electron chi connectivity index (χ2n) is 5.10. The van der Waals surface area contributed by atoms with Crippen LogP contribution in [0.4, 0.5) is 0 Å². The molecule has 1 fully saturated rings. The van der Waals surface area contributed by atoms with Gasteiger partial charge in [-0.05, 0) is 45.3 Å². The lowest BCUT2D eigenvalue weighted by Crippen LogP contribution is -2.37. The topological polar surface area (TPSA) is 80.7 Å². The van der Waals surface area contributed by atoms with Crippen LogP contribution in [0.2, 0.25) is 0 Å². The van der Waals surface area contributed by atoms with Gasteiger partial charge in [-0.25, -0.2) is 0 Å². The standard InChI is InChI=1S/C12H20BrClNO4PS6/c1-3-7-22-24-20(21,25-23-8-4-2)12(14)10(13)11(18)15(26(12)19)6-5-9(16)17/h10H,3-8H2,1-2H3,(H,16,17). The molecule has 26 heavy (non-hydrogen) atoms. The normalized spacial score (nSPS) is 26.5. The van der Waals surface area contributed by atoms with E-state index in [-0.39, 0.29) is 13.0 Å². The molecule has 1 aliphatic rings. The molecule has 152 valence electrons. The molecule has 3 unspecified atom stereocenters. The molecule has 0 aromatic heterocycles. The molecule has 0 bridgehead atoms. The average molecular weight is 581 g/mol. The Morgan fingerprint density at radius 1 is 1.42 bits per heavy atom. The first-order chi connectivity index (χ1) is 12.2. The molecule has 14 heteroatoms. The molecule has 0 spiro atoms. The van der Waals surface area contributed by atoms with Crippen LogP contribution in [0.5, 0.6) is 0 Å². The van der Waals surface area contributed by atoms with Crippen LogP contribution in [0, 0.1) is 0 Å². The van der Waals surface area contributed by atoms with Gasteiger partial charge < -0.3 is 9.66 Å². The predicted molar refractivity (Wildman–Crippen MR) is 128 cm³/mol. The maximum atomic E-state index is 13.1. The number of carboxylic acid groups (broad SMARTS) is 1. The zero-order valence-corrected chi connectivity index (χ0v) is 22.2. The van der Waals surface area contributed by atoms with Gasteiger partial charge in [0.15, 0.2) is 9.27 Å². The summed E-state index contributed by atoms with van der Waals surface area (Å²) in [5.74, 6) is 0.237. The summed E-state index contributed by atoms with van der Waals surface area (Å²) in [7, 11) is 6.12. The van der Waals surface area contributed by atoms with Gasteiger partial charge in [0.2, 0.25) is 0 Å². The van der Waals surface area contributed by atoms with E-state index in [9.17, 15) is 14.1 Å². The molecule has 1 rings (SSSR count). The molecule has 1 amide bonds. The van der Waals surface area contributed by atoms with Crippen molar-refractivity contribution in [1.29, 1.82) is 0 Å². The number of aliphatic carboxylic acids is 1. The molecule has 0 aromatic rings. The number of carbonyl (C=O) groups is 2. The Kier molecular flexibility index (Phi) is 12.1. The van der Waals surface area contributed by atoms with E-state index in [2.05, 4.69) is 29.8 Å². The van der Waals surface area contributed by atoms with Crippen molar-refractivity contribution in [2.24, 2.45) is 0 Å². The lowest BCUT2D eigenvalue weighted by molar-refractivity contribution is -0.137. The highest BCUT2D eigenvalue weighted by Crippen LogP contribution is 2.87. The summed E-state index contributed by atoms with van der Waals surface area (Å²) in [6, 6.07) is 0. The smallest absolute Gasteiger partial charge is 0.305 e. The Hall–Kier alpha value is 2.07. The molecule has 1 saturated heterocycles. The maximum Gasteiger partial charge on any atom is 0.305 e. The molecular formula is C12H20BrClNO4PS6. The molecule has 1 aliphatic heterocycles. The van der Waals surface area contributed by atoms with Crippen molar-refractivity contribution >= 4 is 109 Å². The molecule has 5 nitrogen and oxygen atoms in total. The zero-order valence-electron chi connectivity index (χ0n) is 14.1. The van der Waals surface area contributed by atoms with E-state index in [0.717, 1.165) is 28.7 Å². The Labute approximate surface area is 191 Å². The van der Waals surface area contributed by atoms with E-state index in [1.165, 1.54) is 20.8 Å². The van der Waals surface area contributed by atoms with Gasteiger partial charge >= 0.3 is 5.97 Å². The summed E-state index contributed by atoms with van der Waals surface area (Å²) < 4.78 is 10.2. The minimum Gasteiger partial charge on any atom is -0.591 e. The second-order valence-corrected chi connectivity index (χ2v) is 24.3. The molecular weight excluding hydrogens is 561 g/mol. The lowest BCUT2D eigenvalue weighted by Gasteiger charge is -2.34. The minimum atomic E-state index is -2.57. The van der Waals surface area contributed by atoms with E-state index in [0.29, 0.717) is 0 Å². The number of carboxylic acids is 1. The van der Waals surface area contributed by atoms with Gasteiger partial charge in [0.1, 0.15) is 11.4 Å². The SMILES string of the molecule is CCCSSP(=S)(SSCCC)C1(Cl)C(Br)C(=O)N(CCC(=O)O)[S+]1[O-]. The predicted octanol–water partition coefficient (Wildman–Crippen LogP) is 5.52. The number of nitrogens with zero attached hydrogens (tertiary/aromatic N) is 1. The van der Waals surface area contributed by atoms with Gasteiger partial charge in [-0.2, -0.15) is 4.31 Å². The quantitative estimate of drug-likeness (QED) is 0.106. The first-order valence-corrected chi connectivity index (χ1v) is 18.7. The largest absolute Gasteiger partial charge is 0.591 e. The number of amides is 1. The molecule has 1 heterocycles. The lowest BCUT2D eigenvalue weighted by atomic mass is 10.4. The minimum absolute atomic E-state index is 0.147. The molecule has 0 saturated carbocycles. The van der Waals surface area contributed by atoms with E-state index in [1.807, 2.05) is 0 Å². The molecule has 0 radical (unpaired) electrons. The van der Waals surface area contributed by atoms with Crippen LogP contribution in [0.3, 0.4) is 0 Å². The Morgan fingerprint density at radius 2 is 1.92 bits per heavy atom. The summed E-state index contributed by atoms with van der Waals surface area (Å²) >= 11 is 14.2. The summed E-state index contributed by atoms with van der Waals surface area (Å²) in [4.78, 5) is 22.5. The van der Waals surface area contributed by atoms with Crippen molar-refractivity contribution < 1.29 is 19.2 Å². The van der Waals surface area contributed by atoms with Gasteiger partial charge in [-0.1, -0.05) is 63.2 Å². The summed E-state index contributed by atoms with van der Waals surface area (Å²) in [6.45, 7) is 3.97. The van der Waals surface area contributed by atoms with Crippen LogP contribution in [0.1, 0.15) is 33.1 Å². The first-order valence-electron chi connectivity index (χ1n) is 7.66. The molecule has 3 atom stereocenters. The highest BCUT2D eigenvalue weighted by Gasteiger charge is 2.70. The van der Waals surface area contributed by atoms with Crippen molar-refractivity contribution in [1.82, 2.24) is 4.31 Å². The van der Waals surface area contributed by atoms with Crippen molar-refractivity contribution in [3.8, 4) is 0 Å². The highest BCUT2D eigenvalue weighted by atomic mass is 79.9. The second kappa shape index (κ2) is 12.1. The number of hydrogen-bond acceptors (Lipinski definition) is 8. The van der Waals surface area contributed by atoms with Gasteiger partial charge in [0, 0.05) is 11.5 Å². The number of hydrogen-bond donors (Lipinski definition) is 1.